The third-order valence-corrected chi connectivity index (χ3v) is 5.48. The average Bonchev–Trinajstić information content (AvgIpc) is 3.25. The molecule has 34 heavy (non-hydrogen) atoms. The summed E-state index contributed by atoms with van der Waals surface area (Å²) in [5.41, 5.74) is -0.443. The summed E-state index contributed by atoms with van der Waals surface area (Å²) in [5, 5.41) is 15.5. The molecule has 0 radical (unpaired) electrons. The molecular formula is C22H23F5N5O2+. The lowest BCUT2D eigenvalue weighted by Crippen LogP contribution is -2.63. The minimum absolute atomic E-state index is 0.0291. The molecule has 0 aliphatic heterocycles. The zero-order valence-corrected chi connectivity index (χ0v) is 18.4. The Morgan fingerprint density at radius 1 is 1.15 bits per heavy atom. The number of quaternary nitrogens is 1. The Balaban J connectivity index is 1.90. The number of nitrogens with one attached hydrogen (secondary N) is 1. The van der Waals surface area contributed by atoms with Gasteiger partial charge < -0.3 is 5.11 Å². The van der Waals surface area contributed by atoms with Crippen molar-refractivity contribution in [1.29, 1.82) is 0 Å². The number of nitrogens with zero attached hydrogens (tertiary/aromatic N) is 4. The number of rotatable bonds is 8. The number of hydrogen-bond acceptors (Lipinski definition) is 4. The van der Waals surface area contributed by atoms with Gasteiger partial charge in [0.15, 0.2) is 5.60 Å². The highest BCUT2D eigenvalue weighted by atomic mass is 19.4. The molecule has 1 aromatic heterocycles. The molecule has 1 heterocycles. The molecule has 3 rings (SSSR count). The molecule has 0 saturated heterocycles. The Kier molecular flexibility index (Phi) is 7.03. The second kappa shape index (κ2) is 9.47. The van der Waals surface area contributed by atoms with E-state index in [9.17, 15) is 31.9 Å². The fraction of sp³-hybridized carbons (Fsp3) is 0.318. The van der Waals surface area contributed by atoms with Gasteiger partial charge in [0, 0.05) is 17.2 Å². The lowest BCUT2D eigenvalue weighted by molar-refractivity contribution is -0.948. The predicted octanol–water partition coefficient (Wildman–Crippen LogP) is 3.27. The summed E-state index contributed by atoms with van der Waals surface area (Å²) in [7, 11) is 1.55. The van der Waals surface area contributed by atoms with Crippen LogP contribution in [-0.4, -0.2) is 50.5 Å². The monoisotopic (exact) mass is 484 g/mol. The SMILES string of the molecule is CC[N@@+](C)(C[C@@](O)(Cn1cncn1)c1ccc(F)cc1F)NC(=O)c1ccc(C(F)(F)F)cc1. The zero-order valence-electron chi connectivity index (χ0n) is 18.4. The molecule has 0 unspecified atom stereocenters. The van der Waals surface area contributed by atoms with Crippen LogP contribution in [0, 0.1) is 11.6 Å². The number of halogens is 5. The maximum Gasteiger partial charge on any atom is 0.416 e. The molecule has 2 atom stereocenters. The first-order chi connectivity index (χ1) is 15.8. The van der Waals surface area contributed by atoms with Gasteiger partial charge in [-0.05, 0) is 43.3 Å². The summed E-state index contributed by atoms with van der Waals surface area (Å²) in [6.45, 7) is 1.37. The number of carbonyl (C=O) groups is 1. The number of aliphatic hydroxyl groups is 1. The molecule has 182 valence electrons. The third-order valence-electron chi connectivity index (χ3n) is 5.48. The van der Waals surface area contributed by atoms with Crippen LogP contribution in [0.15, 0.2) is 55.1 Å². The fourth-order valence-electron chi connectivity index (χ4n) is 3.60. The van der Waals surface area contributed by atoms with Gasteiger partial charge in [0.25, 0.3) is 5.91 Å². The molecule has 0 aliphatic carbocycles. The first-order valence-electron chi connectivity index (χ1n) is 10.2. The molecule has 2 N–H and O–H groups in total. The molecule has 12 heteroatoms. The topological polar surface area (TPSA) is 80.0 Å². The first-order valence-corrected chi connectivity index (χ1v) is 10.2. The van der Waals surface area contributed by atoms with Crippen LogP contribution in [0.1, 0.15) is 28.4 Å². The largest absolute Gasteiger partial charge is 0.416 e. The molecule has 0 fully saturated rings. The Bertz CT molecular complexity index is 1140. The van der Waals surface area contributed by atoms with Crippen molar-refractivity contribution in [2.24, 2.45) is 0 Å². The summed E-state index contributed by atoms with van der Waals surface area (Å²) < 4.78 is 67.5. The van der Waals surface area contributed by atoms with Crippen LogP contribution in [-0.2, 0) is 18.3 Å². The Hall–Kier alpha value is -3.38. The van der Waals surface area contributed by atoms with Crippen molar-refractivity contribution >= 4 is 5.91 Å². The van der Waals surface area contributed by atoms with Crippen molar-refractivity contribution in [2.45, 2.75) is 25.2 Å². The predicted molar refractivity (Wildman–Crippen MR) is 111 cm³/mol. The first kappa shape index (κ1) is 25.2. The third kappa shape index (κ3) is 5.75. The Labute approximate surface area is 192 Å². The molecule has 0 saturated carbocycles. The number of likely N-dealkylation sites (N-methyl/N-ethyl adjacent to an activating group) is 1. The standard InChI is InChI=1S/C22H22F5N5O2/c1-3-32(2,30-20(33)15-4-6-16(7-5-15)22(25,26)27)12-21(34,11-31-14-28-13-29-31)18-9-8-17(23)10-19(18)24/h4-10,13-14,34H,3,11-12H2,1-2H3/p+1/t21-,32-/m0/s1. The molecule has 7 nitrogen and oxygen atoms in total. The van der Waals surface area contributed by atoms with E-state index in [4.69, 9.17) is 0 Å². The average molecular weight is 484 g/mol. The Morgan fingerprint density at radius 3 is 2.35 bits per heavy atom. The van der Waals surface area contributed by atoms with E-state index in [1.54, 1.807) is 14.0 Å². The molecule has 1 amide bonds. The van der Waals surface area contributed by atoms with E-state index in [-0.39, 0.29) is 35.4 Å². The summed E-state index contributed by atoms with van der Waals surface area (Å²) in [6.07, 6.45) is -2.01. The summed E-state index contributed by atoms with van der Waals surface area (Å²) in [6, 6.07) is 6.42. The number of amides is 1. The fourth-order valence-corrected chi connectivity index (χ4v) is 3.60. The van der Waals surface area contributed by atoms with Gasteiger partial charge in [-0.2, -0.15) is 23.7 Å². The van der Waals surface area contributed by atoms with E-state index in [0.717, 1.165) is 36.4 Å². The lowest BCUT2D eigenvalue weighted by Gasteiger charge is -2.39. The van der Waals surface area contributed by atoms with Crippen LogP contribution in [0.3, 0.4) is 0 Å². The number of hydrogen-bond donors (Lipinski definition) is 2. The number of carbonyl (C=O) groups excluding carboxylic acids is 1. The van der Waals surface area contributed by atoms with Crippen LogP contribution in [0.5, 0.6) is 0 Å². The summed E-state index contributed by atoms with van der Waals surface area (Å²) in [5.74, 6) is -2.51. The molecular weight excluding hydrogens is 461 g/mol. The molecule has 2 aromatic carbocycles. The summed E-state index contributed by atoms with van der Waals surface area (Å²) in [4.78, 5) is 16.6. The molecule has 0 aliphatic rings. The second-order valence-corrected chi connectivity index (χ2v) is 8.14. The highest BCUT2D eigenvalue weighted by Gasteiger charge is 2.42. The van der Waals surface area contributed by atoms with Gasteiger partial charge in [0.2, 0.25) is 0 Å². The van der Waals surface area contributed by atoms with E-state index in [1.165, 1.54) is 17.3 Å². The van der Waals surface area contributed by atoms with Gasteiger partial charge in [0.1, 0.15) is 30.8 Å². The van der Waals surface area contributed by atoms with Gasteiger partial charge in [-0.25, -0.2) is 23.0 Å². The number of alkyl halides is 3. The second-order valence-electron chi connectivity index (χ2n) is 8.14. The van der Waals surface area contributed by atoms with Gasteiger partial charge in [-0.1, -0.05) is 0 Å². The van der Waals surface area contributed by atoms with Crippen molar-refractivity contribution in [3.8, 4) is 0 Å². The Morgan fingerprint density at radius 2 is 1.82 bits per heavy atom. The van der Waals surface area contributed by atoms with Gasteiger partial charge >= 0.3 is 6.18 Å². The minimum Gasteiger partial charge on any atom is -0.377 e. The summed E-state index contributed by atoms with van der Waals surface area (Å²) >= 11 is 0. The van der Waals surface area contributed by atoms with E-state index >= 15 is 0 Å². The normalized spacial score (nSPS) is 15.4. The van der Waals surface area contributed by atoms with Gasteiger partial charge in [-0.3, -0.25) is 4.79 Å². The zero-order chi connectivity index (χ0) is 25.1. The van der Waals surface area contributed by atoms with Crippen LogP contribution in [0.25, 0.3) is 0 Å². The van der Waals surface area contributed by atoms with E-state index in [1.807, 2.05) is 0 Å². The highest BCUT2D eigenvalue weighted by Crippen LogP contribution is 2.30. The highest BCUT2D eigenvalue weighted by molar-refractivity contribution is 5.93. The van der Waals surface area contributed by atoms with E-state index in [0.29, 0.717) is 6.07 Å². The molecule has 0 bridgehead atoms. The van der Waals surface area contributed by atoms with Gasteiger partial charge in [0.05, 0.1) is 25.7 Å². The van der Waals surface area contributed by atoms with Crippen molar-refractivity contribution in [2.75, 3.05) is 20.1 Å². The van der Waals surface area contributed by atoms with Crippen LogP contribution >= 0.6 is 0 Å². The van der Waals surface area contributed by atoms with Crippen LogP contribution in [0.2, 0.25) is 0 Å². The van der Waals surface area contributed by atoms with Crippen molar-refractivity contribution in [3.63, 3.8) is 0 Å². The number of benzene rings is 2. The number of aromatic nitrogens is 3. The van der Waals surface area contributed by atoms with E-state index < -0.39 is 34.9 Å². The van der Waals surface area contributed by atoms with E-state index in [2.05, 4.69) is 15.5 Å². The minimum atomic E-state index is -4.54. The maximum atomic E-state index is 14.7. The maximum absolute atomic E-state index is 14.7. The molecule has 3 aromatic rings. The smallest absolute Gasteiger partial charge is 0.377 e. The van der Waals surface area contributed by atoms with Crippen molar-refractivity contribution < 1.29 is 36.4 Å². The van der Waals surface area contributed by atoms with Crippen LogP contribution < -0.4 is 5.43 Å². The van der Waals surface area contributed by atoms with Crippen molar-refractivity contribution in [3.05, 3.63) is 83.4 Å². The van der Waals surface area contributed by atoms with Crippen molar-refractivity contribution in [1.82, 2.24) is 20.2 Å². The van der Waals surface area contributed by atoms with Gasteiger partial charge in [-0.15, -0.1) is 0 Å². The lowest BCUT2D eigenvalue weighted by atomic mass is 9.92. The quantitative estimate of drug-likeness (QED) is 0.292. The van der Waals surface area contributed by atoms with Crippen LogP contribution in [0.4, 0.5) is 22.0 Å². The molecule has 0 spiro atoms.